The van der Waals surface area contributed by atoms with E-state index in [0.717, 1.165) is 0 Å². The van der Waals surface area contributed by atoms with Gasteiger partial charge in [0.1, 0.15) is 0 Å². The van der Waals surface area contributed by atoms with Crippen LogP contribution in [0.15, 0.2) is 24.3 Å². The number of non-ortho nitro benzene ring substituents is 1. The number of nitro groups is 1. The molecular weight excluding hydrogens is 236 g/mol. The Kier molecular flexibility index (Phi) is 5.21. The molecular formula is C12H18N2O4. The van der Waals surface area contributed by atoms with Gasteiger partial charge in [-0.2, -0.15) is 0 Å². The van der Waals surface area contributed by atoms with Crippen LogP contribution < -0.4 is 5.73 Å². The summed E-state index contributed by atoms with van der Waals surface area (Å²) in [6, 6.07) is 6.04. The van der Waals surface area contributed by atoms with Crippen molar-refractivity contribution in [1.82, 2.24) is 0 Å². The molecule has 0 fully saturated rings. The Morgan fingerprint density at radius 2 is 1.72 bits per heavy atom. The van der Waals surface area contributed by atoms with Gasteiger partial charge < -0.3 is 15.2 Å². The second-order valence-corrected chi connectivity index (χ2v) is 3.63. The van der Waals surface area contributed by atoms with Crippen molar-refractivity contribution in [2.75, 3.05) is 19.8 Å². The minimum absolute atomic E-state index is 0.0256. The van der Waals surface area contributed by atoms with Crippen LogP contribution in [0.4, 0.5) is 5.69 Å². The molecule has 0 atom stereocenters. The number of benzene rings is 1. The molecule has 0 heterocycles. The van der Waals surface area contributed by atoms with E-state index < -0.39 is 10.7 Å². The van der Waals surface area contributed by atoms with Crippen molar-refractivity contribution in [2.24, 2.45) is 5.73 Å². The number of nitrogens with two attached hydrogens (primary N) is 1. The van der Waals surface area contributed by atoms with Crippen LogP contribution >= 0.6 is 0 Å². The topological polar surface area (TPSA) is 87.6 Å². The van der Waals surface area contributed by atoms with Crippen molar-refractivity contribution in [2.45, 2.75) is 19.6 Å². The number of nitro benzene ring substituents is 1. The molecule has 0 radical (unpaired) electrons. The van der Waals surface area contributed by atoms with Crippen LogP contribution in [0.3, 0.4) is 0 Å². The number of ether oxygens (including phenoxy) is 2. The van der Waals surface area contributed by atoms with E-state index >= 15 is 0 Å². The summed E-state index contributed by atoms with van der Waals surface area (Å²) < 4.78 is 11.2. The lowest BCUT2D eigenvalue weighted by atomic mass is 10.1. The molecule has 0 aromatic heterocycles. The highest BCUT2D eigenvalue weighted by molar-refractivity contribution is 5.35. The summed E-state index contributed by atoms with van der Waals surface area (Å²) in [4.78, 5) is 10.2. The van der Waals surface area contributed by atoms with E-state index in [1.165, 1.54) is 12.1 Å². The average molecular weight is 254 g/mol. The van der Waals surface area contributed by atoms with E-state index in [0.29, 0.717) is 18.8 Å². The van der Waals surface area contributed by atoms with Crippen molar-refractivity contribution in [3.8, 4) is 0 Å². The van der Waals surface area contributed by atoms with Gasteiger partial charge in [0.15, 0.2) is 0 Å². The zero-order chi connectivity index (χ0) is 13.6. The van der Waals surface area contributed by atoms with Crippen molar-refractivity contribution >= 4 is 5.69 Å². The third-order valence-electron chi connectivity index (χ3n) is 2.54. The van der Waals surface area contributed by atoms with Gasteiger partial charge in [-0.15, -0.1) is 0 Å². The fourth-order valence-corrected chi connectivity index (χ4v) is 1.75. The molecule has 0 unspecified atom stereocenters. The Labute approximate surface area is 106 Å². The van der Waals surface area contributed by atoms with Gasteiger partial charge in [0.05, 0.1) is 11.5 Å². The predicted molar refractivity (Wildman–Crippen MR) is 67.1 cm³/mol. The molecule has 18 heavy (non-hydrogen) atoms. The molecule has 6 heteroatoms. The smallest absolute Gasteiger partial charge is 0.269 e. The molecule has 0 saturated carbocycles. The first-order valence-corrected chi connectivity index (χ1v) is 5.82. The van der Waals surface area contributed by atoms with Crippen LogP contribution in [0.1, 0.15) is 19.4 Å². The molecule has 0 aliphatic rings. The minimum atomic E-state index is -1.03. The molecule has 1 rings (SSSR count). The zero-order valence-corrected chi connectivity index (χ0v) is 10.6. The Bertz CT molecular complexity index is 386. The van der Waals surface area contributed by atoms with E-state index in [2.05, 4.69) is 0 Å². The minimum Gasteiger partial charge on any atom is -0.345 e. The van der Waals surface area contributed by atoms with Crippen LogP contribution in [0.25, 0.3) is 0 Å². The second kappa shape index (κ2) is 6.44. The van der Waals surface area contributed by atoms with Crippen LogP contribution in [0.5, 0.6) is 0 Å². The van der Waals surface area contributed by atoms with Gasteiger partial charge in [-0.1, -0.05) is 0 Å². The summed E-state index contributed by atoms with van der Waals surface area (Å²) in [7, 11) is 0. The quantitative estimate of drug-likeness (QED) is 0.455. The highest BCUT2D eigenvalue weighted by Gasteiger charge is 2.32. The second-order valence-electron chi connectivity index (χ2n) is 3.63. The van der Waals surface area contributed by atoms with E-state index in [-0.39, 0.29) is 12.2 Å². The number of rotatable bonds is 7. The van der Waals surface area contributed by atoms with Gasteiger partial charge in [-0.3, -0.25) is 10.1 Å². The highest BCUT2D eigenvalue weighted by atomic mass is 16.7. The van der Waals surface area contributed by atoms with Crippen LogP contribution in [-0.2, 0) is 15.3 Å². The summed E-state index contributed by atoms with van der Waals surface area (Å²) >= 11 is 0. The van der Waals surface area contributed by atoms with Crippen molar-refractivity contribution < 1.29 is 14.4 Å². The van der Waals surface area contributed by atoms with Gasteiger partial charge in [0, 0.05) is 30.9 Å². The van der Waals surface area contributed by atoms with Crippen molar-refractivity contribution in [3.05, 3.63) is 39.9 Å². The molecule has 1 aromatic rings. The summed E-state index contributed by atoms with van der Waals surface area (Å²) in [5.41, 5.74) is 6.43. The lowest BCUT2D eigenvalue weighted by Crippen LogP contribution is -2.41. The van der Waals surface area contributed by atoms with Crippen LogP contribution in [-0.4, -0.2) is 24.7 Å². The molecule has 0 bridgehead atoms. The Morgan fingerprint density at radius 1 is 1.22 bits per heavy atom. The third kappa shape index (κ3) is 3.04. The maximum absolute atomic E-state index is 10.6. The van der Waals surface area contributed by atoms with Gasteiger partial charge in [-0.25, -0.2) is 0 Å². The molecule has 0 aliphatic carbocycles. The van der Waals surface area contributed by atoms with E-state index in [1.807, 2.05) is 13.8 Å². The maximum atomic E-state index is 10.6. The highest BCUT2D eigenvalue weighted by Crippen LogP contribution is 2.28. The molecule has 1 aromatic carbocycles. The predicted octanol–water partition coefficient (Wildman–Crippen LogP) is 1.78. The zero-order valence-electron chi connectivity index (χ0n) is 10.6. The Balaban J connectivity index is 3.08. The largest absolute Gasteiger partial charge is 0.345 e. The summed E-state index contributed by atoms with van der Waals surface area (Å²) in [6.07, 6.45) is 0. The van der Waals surface area contributed by atoms with E-state index in [9.17, 15) is 10.1 Å². The SMILES string of the molecule is CCOC(CN)(OCC)c1ccc([N+](=O)[O-])cc1. The molecule has 100 valence electrons. The number of hydrogen-bond donors (Lipinski definition) is 1. The normalized spacial score (nSPS) is 11.5. The first-order chi connectivity index (χ1) is 8.59. The first kappa shape index (κ1) is 14.6. The average Bonchev–Trinajstić information content (AvgIpc) is 2.38. The summed E-state index contributed by atoms with van der Waals surface area (Å²) in [5.74, 6) is -1.03. The van der Waals surface area contributed by atoms with Crippen LogP contribution in [0, 0.1) is 10.1 Å². The Morgan fingerprint density at radius 3 is 2.06 bits per heavy atom. The first-order valence-electron chi connectivity index (χ1n) is 5.82. The number of hydrogen-bond acceptors (Lipinski definition) is 5. The van der Waals surface area contributed by atoms with Gasteiger partial charge in [0.2, 0.25) is 5.79 Å². The molecule has 2 N–H and O–H groups in total. The summed E-state index contributed by atoms with van der Waals surface area (Å²) in [6.45, 7) is 4.71. The third-order valence-corrected chi connectivity index (χ3v) is 2.54. The molecule has 6 nitrogen and oxygen atoms in total. The van der Waals surface area contributed by atoms with Gasteiger partial charge in [0.25, 0.3) is 5.69 Å². The van der Waals surface area contributed by atoms with Crippen molar-refractivity contribution in [1.29, 1.82) is 0 Å². The van der Waals surface area contributed by atoms with Crippen LogP contribution in [0.2, 0.25) is 0 Å². The lowest BCUT2D eigenvalue weighted by molar-refractivity contribution is -0.384. The maximum Gasteiger partial charge on any atom is 0.269 e. The standard InChI is InChI=1S/C12H18N2O4/c1-3-17-12(9-13,18-4-2)10-5-7-11(8-6-10)14(15)16/h5-8H,3-4,9,13H2,1-2H3. The molecule has 0 amide bonds. The van der Waals surface area contributed by atoms with E-state index in [4.69, 9.17) is 15.2 Å². The lowest BCUT2D eigenvalue weighted by Gasteiger charge is -2.32. The van der Waals surface area contributed by atoms with Gasteiger partial charge >= 0.3 is 0 Å². The van der Waals surface area contributed by atoms with Gasteiger partial charge in [-0.05, 0) is 26.0 Å². The number of nitrogens with zero attached hydrogens (tertiary/aromatic N) is 1. The van der Waals surface area contributed by atoms with E-state index in [1.54, 1.807) is 12.1 Å². The van der Waals surface area contributed by atoms with Crippen molar-refractivity contribution in [3.63, 3.8) is 0 Å². The molecule has 0 saturated heterocycles. The Hall–Kier alpha value is -1.50. The summed E-state index contributed by atoms with van der Waals surface area (Å²) in [5, 5.41) is 10.6. The fourth-order valence-electron chi connectivity index (χ4n) is 1.75. The monoisotopic (exact) mass is 254 g/mol. The molecule has 0 aliphatic heterocycles. The molecule has 0 spiro atoms. The fraction of sp³-hybridized carbons (Fsp3) is 0.500.